The molecule has 2 aromatic carbocycles. The molecular weight excluding hydrogens is 354 g/mol. The molecule has 0 unspecified atom stereocenters. The first-order valence-electron chi connectivity index (χ1n) is 8.16. The average Bonchev–Trinajstić information content (AvgIpc) is 2.66. The Hall–Kier alpha value is -3.35. The first kappa shape index (κ1) is 18.4. The van der Waals surface area contributed by atoms with Gasteiger partial charge in [0.2, 0.25) is 0 Å². The minimum absolute atomic E-state index is 0.0616. The van der Waals surface area contributed by atoms with E-state index >= 15 is 0 Å². The highest BCUT2D eigenvalue weighted by Gasteiger charge is 2.24. The van der Waals surface area contributed by atoms with Gasteiger partial charge in [-0.2, -0.15) is 0 Å². The number of nitrogens with one attached hydrogen (secondary N) is 1. The largest absolute Gasteiger partial charge is 0.467 e. The maximum atomic E-state index is 13.8. The maximum absolute atomic E-state index is 13.8. The predicted molar refractivity (Wildman–Crippen MR) is 95.1 cm³/mol. The van der Waals surface area contributed by atoms with Gasteiger partial charge in [0.05, 0.1) is 18.2 Å². The molecule has 0 aliphatic heterocycles. The molecule has 7 heteroatoms. The van der Waals surface area contributed by atoms with E-state index in [1.807, 2.05) is 30.3 Å². The van der Waals surface area contributed by atoms with Crippen molar-refractivity contribution in [1.29, 1.82) is 0 Å². The van der Waals surface area contributed by atoms with Gasteiger partial charge in [-0.1, -0.05) is 24.3 Å². The van der Waals surface area contributed by atoms with E-state index in [0.29, 0.717) is 11.8 Å². The molecule has 0 radical (unpaired) electrons. The number of aromatic nitrogens is 1. The summed E-state index contributed by atoms with van der Waals surface area (Å²) in [4.78, 5) is 28.8. The Morgan fingerprint density at radius 2 is 1.89 bits per heavy atom. The molecule has 1 heterocycles. The maximum Gasteiger partial charge on any atom is 0.328 e. The normalized spacial score (nSPS) is 11.8. The Labute approximate surface area is 154 Å². The molecule has 1 aromatic heterocycles. The summed E-state index contributed by atoms with van der Waals surface area (Å²) in [7, 11) is 1.19. The van der Waals surface area contributed by atoms with Crippen molar-refractivity contribution < 1.29 is 23.1 Å². The van der Waals surface area contributed by atoms with Crippen LogP contribution in [0.2, 0.25) is 0 Å². The summed E-state index contributed by atoms with van der Waals surface area (Å²) < 4.78 is 31.5. The molecule has 3 aromatic rings. The fraction of sp³-hybridized carbons (Fsp3) is 0.150. The zero-order valence-corrected chi connectivity index (χ0v) is 14.4. The van der Waals surface area contributed by atoms with E-state index in [9.17, 15) is 18.4 Å². The summed E-state index contributed by atoms with van der Waals surface area (Å²) in [6.45, 7) is 0. The minimum Gasteiger partial charge on any atom is -0.467 e. The molecule has 0 spiro atoms. The lowest BCUT2D eigenvalue weighted by Crippen LogP contribution is -2.43. The molecule has 0 aliphatic rings. The van der Waals surface area contributed by atoms with Gasteiger partial charge in [0.1, 0.15) is 17.7 Å². The number of hydrogen-bond acceptors (Lipinski definition) is 4. The van der Waals surface area contributed by atoms with Gasteiger partial charge in [0.15, 0.2) is 0 Å². The number of benzene rings is 2. The Kier molecular flexibility index (Phi) is 5.40. The van der Waals surface area contributed by atoms with Gasteiger partial charge in [-0.15, -0.1) is 0 Å². The number of esters is 1. The van der Waals surface area contributed by atoms with Crippen LogP contribution in [0, 0.1) is 11.6 Å². The molecule has 27 heavy (non-hydrogen) atoms. The second-order valence-corrected chi connectivity index (χ2v) is 5.87. The van der Waals surface area contributed by atoms with Crippen LogP contribution in [0.5, 0.6) is 0 Å². The lowest BCUT2D eigenvalue weighted by molar-refractivity contribution is -0.142. The first-order chi connectivity index (χ1) is 13.0. The third-order valence-corrected chi connectivity index (χ3v) is 4.04. The van der Waals surface area contributed by atoms with Crippen molar-refractivity contribution in [2.24, 2.45) is 0 Å². The van der Waals surface area contributed by atoms with Crippen molar-refractivity contribution in [2.75, 3.05) is 7.11 Å². The fourth-order valence-electron chi connectivity index (χ4n) is 2.68. The van der Waals surface area contributed by atoms with Gasteiger partial charge in [0, 0.05) is 23.6 Å². The molecule has 1 atom stereocenters. The number of hydrogen-bond donors (Lipinski definition) is 1. The van der Waals surface area contributed by atoms with Crippen LogP contribution >= 0.6 is 0 Å². The van der Waals surface area contributed by atoms with Gasteiger partial charge in [-0.05, 0) is 24.3 Å². The first-order valence-corrected chi connectivity index (χ1v) is 8.16. The summed E-state index contributed by atoms with van der Waals surface area (Å²) in [5.41, 5.74) is 0.940. The Morgan fingerprint density at radius 1 is 1.11 bits per heavy atom. The zero-order valence-electron chi connectivity index (χ0n) is 14.4. The second-order valence-electron chi connectivity index (χ2n) is 5.87. The van der Waals surface area contributed by atoms with Crippen LogP contribution < -0.4 is 5.32 Å². The van der Waals surface area contributed by atoms with Crippen LogP contribution in [-0.4, -0.2) is 30.0 Å². The summed E-state index contributed by atoms with van der Waals surface area (Å²) in [6, 6.07) is 12.6. The number of para-hydroxylation sites is 1. The van der Waals surface area contributed by atoms with E-state index in [1.54, 1.807) is 6.07 Å². The standard InChI is InChI=1S/C20H16F2N2O3/c1-27-20(26)18(24-19(25)15-9-7-13(21)10-16(15)22)11-14-8-6-12-4-2-3-5-17(12)23-14/h2-10,18H,11H2,1H3,(H,24,25)/t18-/m1/s1. The molecule has 0 fully saturated rings. The molecule has 138 valence electrons. The number of rotatable bonds is 5. The van der Waals surface area contributed by atoms with Crippen LogP contribution in [0.4, 0.5) is 8.78 Å². The average molecular weight is 370 g/mol. The van der Waals surface area contributed by atoms with E-state index in [1.165, 1.54) is 7.11 Å². The van der Waals surface area contributed by atoms with Crippen LogP contribution in [0.3, 0.4) is 0 Å². The SMILES string of the molecule is COC(=O)[C@@H](Cc1ccc2ccccc2n1)NC(=O)c1ccc(F)cc1F. The lowest BCUT2D eigenvalue weighted by Gasteiger charge is -2.16. The fourth-order valence-corrected chi connectivity index (χ4v) is 2.68. The summed E-state index contributed by atoms with van der Waals surface area (Å²) >= 11 is 0. The number of ether oxygens (including phenoxy) is 1. The van der Waals surface area contributed by atoms with Gasteiger partial charge in [0.25, 0.3) is 5.91 Å². The second kappa shape index (κ2) is 7.90. The topological polar surface area (TPSA) is 68.3 Å². The lowest BCUT2D eigenvalue weighted by atomic mass is 10.1. The predicted octanol–water partition coefficient (Wildman–Crippen LogP) is 3.03. The van der Waals surface area contributed by atoms with Crippen molar-refractivity contribution in [1.82, 2.24) is 10.3 Å². The molecule has 0 aliphatic carbocycles. The quantitative estimate of drug-likeness (QED) is 0.701. The minimum atomic E-state index is -1.07. The molecule has 5 nitrogen and oxygen atoms in total. The van der Waals surface area contributed by atoms with Gasteiger partial charge in [-0.25, -0.2) is 13.6 Å². The van der Waals surface area contributed by atoms with Crippen LogP contribution in [-0.2, 0) is 16.0 Å². The zero-order chi connectivity index (χ0) is 19.4. The van der Waals surface area contributed by atoms with Crippen LogP contribution in [0.15, 0.2) is 54.6 Å². The van der Waals surface area contributed by atoms with Crippen molar-refractivity contribution in [3.05, 3.63) is 77.5 Å². The number of amides is 1. The molecule has 1 N–H and O–H groups in total. The highest BCUT2D eigenvalue weighted by molar-refractivity contribution is 5.97. The number of fused-ring (bicyclic) bond motifs is 1. The third kappa shape index (κ3) is 4.25. The van der Waals surface area contributed by atoms with Gasteiger partial charge < -0.3 is 10.1 Å². The molecule has 0 saturated heterocycles. The van der Waals surface area contributed by atoms with Crippen molar-refractivity contribution in [3.63, 3.8) is 0 Å². The Bertz CT molecular complexity index is 1010. The van der Waals surface area contributed by atoms with Crippen molar-refractivity contribution >= 4 is 22.8 Å². The molecular formula is C20H16F2N2O3. The van der Waals surface area contributed by atoms with Gasteiger partial charge >= 0.3 is 5.97 Å². The number of halogens is 2. The third-order valence-electron chi connectivity index (χ3n) is 4.04. The number of carbonyl (C=O) groups excluding carboxylic acids is 2. The van der Waals surface area contributed by atoms with E-state index in [0.717, 1.165) is 23.0 Å². The number of methoxy groups -OCH3 is 1. The Balaban J connectivity index is 1.82. The van der Waals surface area contributed by atoms with E-state index in [2.05, 4.69) is 10.3 Å². The Morgan fingerprint density at radius 3 is 2.63 bits per heavy atom. The van der Waals surface area contributed by atoms with Gasteiger partial charge in [-0.3, -0.25) is 9.78 Å². The molecule has 0 bridgehead atoms. The van der Waals surface area contributed by atoms with Crippen LogP contribution in [0.1, 0.15) is 16.1 Å². The van der Waals surface area contributed by atoms with E-state index in [4.69, 9.17) is 4.74 Å². The smallest absolute Gasteiger partial charge is 0.328 e. The van der Waals surface area contributed by atoms with E-state index < -0.39 is 29.6 Å². The summed E-state index contributed by atoms with van der Waals surface area (Å²) in [5, 5.41) is 3.36. The molecule has 1 amide bonds. The van der Waals surface area contributed by atoms with E-state index in [-0.39, 0.29) is 12.0 Å². The highest BCUT2D eigenvalue weighted by atomic mass is 19.1. The monoisotopic (exact) mass is 370 g/mol. The summed E-state index contributed by atoms with van der Waals surface area (Å²) in [6.07, 6.45) is 0.0616. The summed E-state index contributed by atoms with van der Waals surface area (Å²) in [5.74, 6) is -3.35. The molecule has 3 rings (SSSR count). The van der Waals surface area contributed by atoms with Crippen LogP contribution in [0.25, 0.3) is 10.9 Å². The molecule has 0 saturated carbocycles. The number of nitrogens with zero attached hydrogens (tertiary/aromatic N) is 1. The van der Waals surface area contributed by atoms with Crippen molar-refractivity contribution in [3.8, 4) is 0 Å². The highest BCUT2D eigenvalue weighted by Crippen LogP contribution is 2.14. The number of pyridine rings is 1. The van der Waals surface area contributed by atoms with Crippen molar-refractivity contribution in [2.45, 2.75) is 12.5 Å². The number of carbonyl (C=O) groups is 2.